The second kappa shape index (κ2) is 10.8. The van der Waals surface area contributed by atoms with Crippen molar-refractivity contribution in [2.45, 2.75) is 13.8 Å². The van der Waals surface area contributed by atoms with Gasteiger partial charge in [-0.15, -0.1) is 11.3 Å². The number of anilines is 3. The quantitative estimate of drug-likeness (QED) is 0.195. The molecule has 0 bridgehead atoms. The monoisotopic (exact) mass is 581 g/mol. The van der Waals surface area contributed by atoms with Crippen LogP contribution in [0.25, 0.3) is 58.9 Å². The Morgan fingerprint density at radius 2 is 1.32 bits per heavy atom. The first-order valence-electron chi connectivity index (χ1n) is 15.1. The molecule has 0 saturated carbocycles. The second-order valence-electron chi connectivity index (χ2n) is 11.4. The zero-order valence-corrected chi connectivity index (χ0v) is 25.6. The highest BCUT2D eigenvalue weighted by atomic mass is 32.1. The Balaban J connectivity index is 1.40. The van der Waals surface area contributed by atoms with Gasteiger partial charge in [-0.05, 0) is 100 Å². The molecule has 44 heavy (non-hydrogen) atoms. The van der Waals surface area contributed by atoms with Gasteiger partial charge in [0.2, 0.25) is 0 Å². The smallest absolute Gasteiger partial charge is 0.0554 e. The molecule has 0 fully saturated rings. The van der Waals surface area contributed by atoms with E-state index in [1.54, 1.807) is 0 Å². The van der Waals surface area contributed by atoms with Crippen molar-refractivity contribution in [3.05, 3.63) is 157 Å². The van der Waals surface area contributed by atoms with Crippen molar-refractivity contribution in [3.8, 4) is 11.1 Å². The second-order valence-corrected chi connectivity index (χ2v) is 12.4. The minimum absolute atomic E-state index is 1.14. The van der Waals surface area contributed by atoms with Gasteiger partial charge >= 0.3 is 0 Å². The number of fused-ring (bicyclic) bond motifs is 5. The van der Waals surface area contributed by atoms with Crippen LogP contribution in [-0.4, -0.2) is 0 Å². The summed E-state index contributed by atoms with van der Waals surface area (Å²) in [5.74, 6) is 0. The summed E-state index contributed by atoms with van der Waals surface area (Å²) in [6.45, 7) is 4.28. The minimum atomic E-state index is 1.14. The maximum Gasteiger partial charge on any atom is 0.0554 e. The number of hydrogen-bond acceptors (Lipinski definition) is 2. The topological polar surface area (TPSA) is 3.24 Å². The number of nitrogens with zero attached hydrogens (tertiary/aromatic N) is 1. The van der Waals surface area contributed by atoms with Crippen molar-refractivity contribution < 1.29 is 0 Å². The molecule has 8 aromatic rings. The summed E-state index contributed by atoms with van der Waals surface area (Å²) in [5.41, 5.74) is 8.50. The van der Waals surface area contributed by atoms with Crippen molar-refractivity contribution in [1.82, 2.24) is 0 Å². The highest BCUT2D eigenvalue weighted by Gasteiger charge is 2.20. The van der Waals surface area contributed by atoms with Crippen LogP contribution in [0.4, 0.5) is 17.1 Å². The normalized spacial score (nSPS) is 11.8. The van der Waals surface area contributed by atoms with Gasteiger partial charge in [0.15, 0.2) is 0 Å². The predicted octanol–water partition coefficient (Wildman–Crippen LogP) is 12.8. The predicted molar refractivity (Wildman–Crippen MR) is 194 cm³/mol. The molecule has 1 nitrogen and oxygen atoms in total. The van der Waals surface area contributed by atoms with Gasteiger partial charge in [0.05, 0.1) is 5.69 Å². The van der Waals surface area contributed by atoms with E-state index in [0.29, 0.717) is 0 Å². The zero-order valence-electron chi connectivity index (χ0n) is 24.8. The molecule has 0 N–H and O–H groups in total. The minimum Gasteiger partial charge on any atom is -0.310 e. The summed E-state index contributed by atoms with van der Waals surface area (Å²) in [4.78, 5) is 2.45. The van der Waals surface area contributed by atoms with E-state index in [1.165, 1.54) is 69.7 Å². The molecule has 0 aliphatic carbocycles. The summed E-state index contributed by atoms with van der Waals surface area (Å²) in [5, 5.41) is 7.62. The largest absolute Gasteiger partial charge is 0.310 e. The molecule has 0 unspecified atom stereocenters. The maximum atomic E-state index is 2.45. The molecule has 1 heterocycles. The third kappa shape index (κ3) is 4.38. The van der Waals surface area contributed by atoms with Crippen LogP contribution >= 0.6 is 11.3 Å². The van der Waals surface area contributed by atoms with E-state index in [2.05, 4.69) is 170 Å². The number of allylic oxidation sites excluding steroid dienone is 1. The van der Waals surface area contributed by atoms with Crippen molar-refractivity contribution in [2.75, 3.05) is 4.90 Å². The van der Waals surface area contributed by atoms with Crippen molar-refractivity contribution >= 4 is 76.2 Å². The fourth-order valence-electron chi connectivity index (χ4n) is 6.64. The lowest BCUT2D eigenvalue weighted by molar-refractivity contribution is 1.31. The molecule has 0 saturated heterocycles. The van der Waals surface area contributed by atoms with Crippen LogP contribution in [0.3, 0.4) is 0 Å². The molecule has 0 radical (unpaired) electrons. The van der Waals surface area contributed by atoms with Crippen LogP contribution in [0.2, 0.25) is 0 Å². The SMILES string of the molecule is C/C=C\c1c(C)ccc2cc(N(c3cccc(-c4cccc5ccccc45)c3)c3cccc4sc5ccccc5c34)ccc12. The number of benzene rings is 7. The number of rotatable bonds is 5. The van der Waals surface area contributed by atoms with E-state index in [9.17, 15) is 0 Å². The van der Waals surface area contributed by atoms with Gasteiger partial charge in [-0.2, -0.15) is 0 Å². The Hall–Kier alpha value is -5.18. The summed E-state index contributed by atoms with van der Waals surface area (Å²) in [6.07, 6.45) is 4.35. The van der Waals surface area contributed by atoms with E-state index in [1.807, 2.05) is 11.3 Å². The van der Waals surface area contributed by atoms with E-state index in [4.69, 9.17) is 0 Å². The summed E-state index contributed by atoms with van der Waals surface area (Å²) >= 11 is 1.86. The lowest BCUT2D eigenvalue weighted by atomic mass is 9.97. The third-order valence-electron chi connectivity index (χ3n) is 8.68. The molecule has 0 aliphatic heterocycles. The Labute approximate surface area is 261 Å². The van der Waals surface area contributed by atoms with Gasteiger partial charge in [-0.3, -0.25) is 0 Å². The molecule has 0 aliphatic rings. The average molecular weight is 582 g/mol. The Morgan fingerprint density at radius 1 is 0.568 bits per heavy atom. The first kappa shape index (κ1) is 26.4. The molecule has 0 spiro atoms. The van der Waals surface area contributed by atoms with Crippen molar-refractivity contribution in [1.29, 1.82) is 0 Å². The lowest BCUT2D eigenvalue weighted by Gasteiger charge is -2.27. The van der Waals surface area contributed by atoms with Crippen LogP contribution in [0, 0.1) is 6.92 Å². The Kier molecular flexibility index (Phi) is 6.51. The number of hydrogen-bond donors (Lipinski definition) is 0. The van der Waals surface area contributed by atoms with E-state index >= 15 is 0 Å². The highest BCUT2D eigenvalue weighted by molar-refractivity contribution is 7.26. The van der Waals surface area contributed by atoms with Gasteiger partial charge in [-0.25, -0.2) is 0 Å². The Bertz CT molecular complexity index is 2370. The molecule has 210 valence electrons. The molecular formula is C42H31NS. The van der Waals surface area contributed by atoms with E-state index < -0.39 is 0 Å². The van der Waals surface area contributed by atoms with Crippen LogP contribution < -0.4 is 4.90 Å². The molecule has 8 rings (SSSR count). The highest BCUT2D eigenvalue weighted by Crippen LogP contribution is 2.46. The van der Waals surface area contributed by atoms with Gasteiger partial charge in [0.25, 0.3) is 0 Å². The number of aryl methyl sites for hydroxylation is 1. The molecule has 0 atom stereocenters. The number of thiophene rings is 1. The first-order chi connectivity index (χ1) is 21.7. The van der Waals surface area contributed by atoms with Crippen LogP contribution in [-0.2, 0) is 0 Å². The van der Waals surface area contributed by atoms with Crippen molar-refractivity contribution in [3.63, 3.8) is 0 Å². The van der Waals surface area contributed by atoms with Crippen LogP contribution in [0.15, 0.2) is 146 Å². The van der Waals surface area contributed by atoms with Gasteiger partial charge in [-0.1, -0.05) is 109 Å². The standard InChI is InChI=1S/C42H31NS/c1-3-11-34-28(2)22-23-31-27-33(24-25-37(31)34)43(39-19-10-21-41-42(39)38-17-6-7-20-40(38)44-41)32-15-8-14-30(26-32)36-18-9-13-29-12-4-5-16-35(29)36/h3-27H,1-2H3/b11-3-. The zero-order chi connectivity index (χ0) is 29.6. The molecular weight excluding hydrogens is 551 g/mol. The van der Waals surface area contributed by atoms with Gasteiger partial charge in [0.1, 0.15) is 0 Å². The van der Waals surface area contributed by atoms with Crippen LogP contribution in [0.1, 0.15) is 18.1 Å². The average Bonchev–Trinajstić information content (AvgIpc) is 3.46. The molecule has 7 aromatic carbocycles. The summed E-state index contributed by atoms with van der Waals surface area (Å²) in [6, 6.07) is 51.2. The van der Waals surface area contributed by atoms with Crippen molar-refractivity contribution in [2.24, 2.45) is 0 Å². The summed E-state index contributed by atoms with van der Waals surface area (Å²) in [7, 11) is 0. The molecule has 1 aromatic heterocycles. The molecule has 0 amide bonds. The fourth-order valence-corrected chi connectivity index (χ4v) is 7.76. The summed E-state index contributed by atoms with van der Waals surface area (Å²) < 4.78 is 2.61. The van der Waals surface area contributed by atoms with Gasteiger partial charge < -0.3 is 4.90 Å². The first-order valence-corrected chi connectivity index (χ1v) is 16.0. The fraction of sp³-hybridized carbons (Fsp3) is 0.0476. The maximum absolute atomic E-state index is 2.45. The third-order valence-corrected chi connectivity index (χ3v) is 9.82. The van der Waals surface area contributed by atoms with E-state index in [-0.39, 0.29) is 0 Å². The Morgan fingerprint density at radius 3 is 2.23 bits per heavy atom. The van der Waals surface area contributed by atoms with Crippen LogP contribution in [0.5, 0.6) is 0 Å². The molecule has 2 heteroatoms. The lowest BCUT2D eigenvalue weighted by Crippen LogP contribution is -2.10. The van der Waals surface area contributed by atoms with E-state index in [0.717, 1.165) is 11.4 Å². The van der Waals surface area contributed by atoms with Gasteiger partial charge in [0, 0.05) is 31.5 Å².